The molecule has 0 N–H and O–H groups in total. The average Bonchev–Trinajstić information content (AvgIpc) is 2.22. The summed E-state index contributed by atoms with van der Waals surface area (Å²) in [7, 11) is 0. The van der Waals surface area contributed by atoms with Crippen molar-refractivity contribution in [3.8, 4) is 0 Å². The van der Waals surface area contributed by atoms with Gasteiger partial charge in [0.05, 0.1) is 0 Å². The van der Waals surface area contributed by atoms with Crippen LogP contribution in [-0.4, -0.2) is 18.6 Å². The van der Waals surface area contributed by atoms with Gasteiger partial charge in [-0.2, -0.15) is 10.2 Å². The third-order valence-corrected chi connectivity index (χ3v) is 1.43. The third kappa shape index (κ3) is 2.55. The molecule has 5 heteroatoms. The van der Waals surface area contributed by atoms with Crippen molar-refractivity contribution < 1.29 is 14.0 Å². The lowest BCUT2D eigenvalue weighted by atomic mass is 10.3. The maximum atomic E-state index is 12.9. The Morgan fingerprint density at radius 1 is 1.21 bits per heavy atom. The molecular formula is C9H7FN2O2. The zero-order chi connectivity index (χ0) is 10.4. The summed E-state index contributed by atoms with van der Waals surface area (Å²) < 4.78 is 12.9. The molecule has 0 aliphatic carbocycles. The zero-order valence-corrected chi connectivity index (χ0v) is 7.13. The summed E-state index contributed by atoms with van der Waals surface area (Å²) in [5.74, 6) is -0.549. The standard InChI is InChI=1S/C9H7FN2O2/c10-8-3-1-2-4-9(8)12-11-7(5-13)6-14/h1-7H. The van der Waals surface area contributed by atoms with E-state index in [0.717, 1.165) is 0 Å². The van der Waals surface area contributed by atoms with Crippen LogP contribution in [0.4, 0.5) is 10.1 Å². The molecule has 0 atom stereocenters. The van der Waals surface area contributed by atoms with Gasteiger partial charge in [0.1, 0.15) is 5.69 Å². The highest BCUT2D eigenvalue weighted by atomic mass is 19.1. The zero-order valence-electron chi connectivity index (χ0n) is 7.13. The minimum absolute atomic E-state index is 0.00111. The van der Waals surface area contributed by atoms with Gasteiger partial charge in [0.2, 0.25) is 0 Å². The molecule has 0 heterocycles. The van der Waals surface area contributed by atoms with Gasteiger partial charge in [0.15, 0.2) is 24.4 Å². The lowest BCUT2D eigenvalue weighted by molar-refractivity contribution is -0.116. The third-order valence-electron chi connectivity index (χ3n) is 1.43. The Morgan fingerprint density at radius 3 is 2.43 bits per heavy atom. The summed E-state index contributed by atoms with van der Waals surface area (Å²) in [6.45, 7) is 0. The average molecular weight is 194 g/mol. The van der Waals surface area contributed by atoms with Gasteiger partial charge in [0.25, 0.3) is 0 Å². The molecule has 0 saturated heterocycles. The number of azo groups is 1. The second-order valence-corrected chi connectivity index (χ2v) is 2.43. The molecule has 1 aromatic carbocycles. The van der Waals surface area contributed by atoms with Gasteiger partial charge >= 0.3 is 0 Å². The van der Waals surface area contributed by atoms with E-state index < -0.39 is 11.9 Å². The van der Waals surface area contributed by atoms with Crippen LogP contribution in [0.3, 0.4) is 0 Å². The maximum Gasteiger partial charge on any atom is 0.181 e. The van der Waals surface area contributed by atoms with Crippen LogP contribution >= 0.6 is 0 Å². The van der Waals surface area contributed by atoms with Gasteiger partial charge in [-0.3, -0.25) is 0 Å². The fourth-order valence-electron chi connectivity index (χ4n) is 0.748. The lowest BCUT2D eigenvalue weighted by Crippen LogP contribution is -2.05. The highest BCUT2D eigenvalue weighted by molar-refractivity contribution is 5.82. The maximum absolute atomic E-state index is 12.9. The topological polar surface area (TPSA) is 58.9 Å². The number of halogens is 1. The fraction of sp³-hybridized carbons (Fsp3) is 0.111. The Kier molecular flexibility index (Phi) is 3.60. The van der Waals surface area contributed by atoms with Crippen LogP contribution in [0.1, 0.15) is 0 Å². The number of benzene rings is 1. The summed E-state index contributed by atoms with van der Waals surface area (Å²) in [5.41, 5.74) is 0.00111. The number of rotatable bonds is 4. The normalized spacial score (nSPS) is 10.7. The van der Waals surface area contributed by atoms with Crippen LogP contribution in [0, 0.1) is 5.82 Å². The van der Waals surface area contributed by atoms with E-state index in [1.54, 1.807) is 6.07 Å². The Labute approximate surface area is 79.5 Å². The SMILES string of the molecule is O=CC(C=O)N=Nc1ccccc1F. The predicted octanol–water partition coefficient (Wildman–Crippen LogP) is 1.68. The second-order valence-electron chi connectivity index (χ2n) is 2.43. The van der Waals surface area contributed by atoms with Crippen molar-refractivity contribution in [3.05, 3.63) is 30.1 Å². The second kappa shape index (κ2) is 4.96. The summed E-state index contributed by atoms with van der Waals surface area (Å²) in [6, 6.07) is 4.53. The molecule has 1 aromatic rings. The van der Waals surface area contributed by atoms with Crippen molar-refractivity contribution in [3.63, 3.8) is 0 Å². The molecule has 1 rings (SSSR count). The molecule has 0 spiro atoms. The van der Waals surface area contributed by atoms with Crippen LogP contribution in [0.5, 0.6) is 0 Å². The van der Waals surface area contributed by atoms with Gasteiger partial charge < -0.3 is 9.59 Å². The van der Waals surface area contributed by atoms with Crippen LogP contribution in [0.25, 0.3) is 0 Å². The molecule has 72 valence electrons. The first-order chi connectivity index (χ1) is 6.77. The van der Waals surface area contributed by atoms with Gasteiger partial charge in [-0.15, -0.1) is 0 Å². The summed E-state index contributed by atoms with van der Waals surface area (Å²) in [6.07, 6.45) is 0.661. The Balaban J connectivity index is 2.82. The first-order valence-electron chi connectivity index (χ1n) is 3.84. The largest absolute Gasteiger partial charge is 0.300 e. The van der Waals surface area contributed by atoms with Crippen molar-refractivity contribution in [2.75, 3.05) is 0 Å². The van der Waals surface area contributed by atoms with E-state index >= 15 is 0 Å². The molecule has 0 aromatic heterocycles. The molecule has 0 fully saturated rings. The van der Waals surface area contributed by atoms with Crippen LogP contribution < -0.4 is 0 Å². The number of aldehydes is 2. The molecular weight excluding hydrogens is 187 g/mol. The Morgan fingerprint density at radius 2 is 1.86 bits per heavy atom. The van der Waals surface area contributed by atoms with Crippen LogP contribution in [0.15, 0.2) is 34.5 Å². The molecule has 0 aliphatic rings. The Hall–Kier alpha value is -1.91. The highest BCUT2D eigenvalue weighted by Gasteiger charge is 2.02. The molecule has 4 nitrogen and oxygen atoms in total. The molecule has 0 radical (unpaired) electrons. The minimum Gasteiger partial charge on any atom is -0.300 e. The summed E-state index contributed by atoms with van der Waals surface area (Å²) >= 11 is 0. The van der Waals surface area contributed by atoms with E-state index in [1.165, 1.54) is 18.2 Å². The monoisotopic (exact) mass is 194 g/mol. The van der Waals surface area contributed by atoms with Crippen LogP contribution in [0.2, 0.25) is 0 Å². The number of hydrogen-bond acceptors (Lipinski definition) is 4. The van der Waals surface area contributed by atoms with Crippen molar-refractivity contribution in [2.24, 2.45) is 10.2 Å². The lowest BCUT2D eigenvalue weighted by Gasteiger charge is -1.94. The first kappa shape index (κ1) is 10.2. The molecule has 14 heavy (non-hydrogen) atoms. The quantitative estimate of drug-likeness (QED) is 0.416. The first-order valence-corrected chi connectivity index (χ1v) is 3.84. The van der Waals surface area contributed by atoms with Gasteiger partial charge in [0, 0.05) is 0 Å². The van der Waals surface area contributed by atoms with E-state index in [0.29, 0.717) is 12.6 Å². The van der Waals surface area contributed by atoms with Crippen molar-refractivity contribution in [1.29, 1.82) is 0 Å². The number of hydrogen-bond donors (Lipinski definition) is 0. The van der Waals surface area contributed by atoms with Gasteiger partial charge in [-0.1, -0.05) is 12.1 Å². The van der Waals surface area contributed by atoms with E-state index in [1.807, 2.05) is 0 Å². The van der Waals surface area contributed by atoms with Gasteiger partial charge in [-0.05, 0) is 12.1 Å². The Bertz CT molecular complexity index is 358. The summed E-state index contributed by atoms with van der Waals surface area (Å²) in [5, 5.41) is 6.78. The highest BCUT2D eigenvalue weighted by Crippen LogP contribution is 2.16. The molecule has 0 aliphatic heterocycles. The smallest absolute Gasteiger partial charge is 0.181 e. The van der Waals surface area contributed by atoms with Crippen LogP contribution in [-0.2, 0) is 9.59 Å². The van der Waals surface area contributed by atoms with Crippen molar-refractivity contribution in [1.82, 2.24) is 0 Å². The number of carbonyl (C=O) groups excluding carboxylic acids is 2. The number of carbonyl (C=O) groups is 2. The molecule has 0 unspecified atom stereocenters. The predicted molar refractivity (Wildman–Crippen MR) is 46.8 cm³/mol. The fourth-order valence-corrected chi connectivity index (χ4v) is 0.748. The van der Waals surface area contributed by atoms with E-state index in [2.05, 4.69) is 10.2 Å². The molecule has 0 amide bonds. The van der Waals surface area contributed by atoms with Gasteiger partial charge in [-0.25, -0.2) is 4.39 Å². The molecule has 0 saturated carbocycles. The van der Waals surface area contributed by atoms with E-state index in [-0.39, 0.29) is 5.69 Å². The summed E-state index contributed by atoms with van der Waals surface area (Å²) in [4.78, 5) is 20.3. The van der Waals surface area contributed by atoms with E-state index in [4.69, 9.17) is 0 Å². The van der Waals surface area contributed by atoms with Crippen molar-refractivity contribution in [2.45, 2.75) is 6.04 Å². The van der Waals surface area contributed by atoms with Crippen molar-refractivity contribution >= 4 is 18.3 Å². The number of nitrogens with zero attached hydrogens (tertiary/aromatic N) is 2. The minimum atomic E-state index is -1.16. The van der Waals surface area contributed by atoms with E-state index in [9.17, 15) is 14.0 Å². The molecule has 0 bridgehead atoms.